The molecule has 0 radical (unpaired) electrons. The topological polar surface area (TPSA) is 337 Å². The van der Waals surface area contributed by atoms with Crippen LogP contribution in [0.15, 0.2) is 5.11 Å². The monoisotopic (exact) mass is 1840 g/mol. The van der Waals surface area contributed by atoms with E-state index in [1.54, 1.807) is 0 Å². The Balaban J connectivity index is -0.000000936. The molecular weight excluding hydrogens is 1640 g/mol. The molecule has 760 valence electrons. The molecule has 129 heavy (non-hydrogen) atoms. The van der Waals surface area contributed by atoms with Crippen molar-refractivity contribution in [1.82, 2.24) is 10.6 Å². The highest BCUT2D eigenvalue weighted by atomic mass is 16.5. The van der Waals surface area contributed by atoms with E-state index >= 15 is 0 Å². The number of hydrogen-bond acceptors (Lipinski definition) is 22. The van der Waals surface area contributed by atoms with E-state index in [1.807, 2.05) is 62.3 Å². The molecule has 0 fully saturated rings. The van der Waals surface area contributed by atoms with Crippen LogP contribution in [0, 0.1) is 16.2 Å². The van der Waals surface area contributed by atoms with Crippen molar-refractivity contribution in [3.63, 3.8) is 0 Å². The van der Waals surface area contributed by atoms with Crippen molar-refractivity contribution in [2.24, 2.45) is 21.4 Å². The van der Waals surface area contributed by atoms with Gasteiger partial charge in [0, 0.05) is 112 Å². The van der Waals surface area contributed by atoms with Crippen molar-refractivity contribution in [3.05, 3.63) is 10.4 Å². The molecule has 0 unspecified atom stereocenters. The summed E-state index contributed by atoms with van der Waals surface area (Å²) in [6, 6.07) is 0. The Labute approximate surface area is 786 Å². The lowest BCUT2D eigenvalue weighted by atomic mass is 9.91. The summed E-state index contributed by atoms with van der Waals surface area (Å²) in [5.41, 5.74) is 7.10. The standard InChI is InChI=1S/C40H74N4O10.C34H65NO7.C28H54O4.CH4/c1-40(2,3)38(47)34-53-31-27-50-25-18-21-37(46)33-52-30-29-51-26-23-42-39(48)35-54-32-28-49-24-17-20-36(45)19-15-13-11-9-7-5-4-6-8-10-12-14-16-22-43-44-41;1-5-6-7-8-9-10-11-12-13-14-15-16-17-18-21-33(38)35-22-24-40-26-27-41-29-31(36)20-19-23-39-25-28-42-30-32(37)34(2,3)4;1-5-6-7-8-9-10-11-12-13-14-15-16-17-18-20-26(29)21-19-22-31-23-24-32-25-27(30)28(2,3)4;/h4-35H2,1-3H3,(H,42,48);5-30H2,1-4H3,(H,35,38);5-25H2,1-4H3;1H4. The van der Waals surface area contributed by atoms with Gasteiger partial charge >= 0.3 is 0 Å². The number of hydrogen-bond donors (Lipinski definition) is 2. The minimum Gasteiger partial charge on any atom is -0.379 e. The summed E-state index contributed by atoms with van der Waals surface area (Å²) >= 11 is 0. The van der Waals surface area contributed by atoms with Crippen LogP contribution in [0.25, 0.3) is 10.4 Å². The maximum Gasteiger partial charge on any atom is 0.246 e. The average Bonchev–Trinajstić information content (AvgIpc) is 0.930. The fraction of sp³-hybridized carbons (Fsp3) is 0.913. The lowest BCUT2D eigenvalue weighted by Gasteiger charge is -2.16. The summed E-state index contributed by atoms with van der Waals surface area (Å²) in [5.74, 6) is 0.749. The number of nitrogens with one attached hydrogen (secondary N) is 2. The summed E-state index contributed by atoms with van der Waals surface area (Å²) in [5, 5.41) is 9.18. The molecule has 0 aromatic heterocycles. The number of ketones is 7. The van der Waals surface area contributed by atoms with Crippen LogP contribution in [-0.4, -0.2) is 230 Å². The van der Waals surface area contributed by atoms with Gasteiger partial charge in [-0.25, -0.2) is 0 Å². The van der Waals surface area contributed by atoms with Gasteiger partial charge in [0.2, 0.25) is 11.8 Å². The molecule has 0 atom stereocenters. The molecule has 26 nitrogen and oxygen atoms in total. The number of amides is 2. The molecule has 0 rings (SSSR count). The van der Waals surface area contributed by atoms with E-state index in [0.29, 0.717) is 201 Å². The van der Waals surface area contributed by atoms with E-state index in [1.165, 1.54) is 218 Å². The minimum atomic E-state index is -0.409. The van der Waals surface area contributed by atoms with E-state index in [-0.39, 0.29) is 99.8 Å². The average molecular weight is 1840 g/mol. The lowest BCUT2D eigenvalue weighted by Crippen LogP contribution is -2.31. The molecule has 0 aliphatic rings. The lowest BCUT2D eigenvalue weighted by molar-refractivity contribution is -0.132. The van der Waals surface area contributed by atoms with Gasteiger partial charge in [0.15, 0.2) is 28.9 Å². The predicted molar refractivity (Wildman–Crippen MR) is 521 cm³/mol. The minimum absolute atomic E-state index is 0. The molecule has 0 aliphatic heterocycles. The third kappa shape index (κ3) is 109. The van der Waals surface area contributed by atoms with Crippen molar-refractivity contribution in [1.29, 1.82) is 0 Å². The molecule has 0 aromatic carbocycles. The molecule has 0 saturated carbocycles. The number of nitrogens with zero attached hydrogens (tertiary/aromatic N) is 3. The third-order valence-electron chi connectivity index (χ3n) is 21.7. The zero-order chi connectivity index (χ0) is 94.9. The van der Waals surface area contributed by atoms with Crippen LogP contribution < -0.4 is 10.6 Å². The molecule has 0 aromatic rings. The summed E-state index contributed by atoms with van der Waals surface area (Å²) in [6.07, 6.45) is 59.4. The summed E-state index contributed by atoms with van der Waals surface area (Å²) in [6.45, 7) is 30.4. The highest BCUT2D eigenvalue weighted by Gasteiger charge is 2.23. The second-order valence-corrected chi connectivity index (χ2v) is 37.3. The van der Waals surface area contributed by atoms with Gasteiger partial charge in [0.25, 0.3) is 0 Å². The van der Waals surface area contributed by atoms with E-state index in [2.05, 4.69) is 34.5 Å². The highest BCUT2D eigenvalue weighted by Crippen LogP contribution is 2.20. The van der Waals surface area contributed by atoms with Crippen LogP contribution >= 0.6 is 0 Å². The van der Waals surface area contributed by atoms with Gasteiger partial charge in [-0.3, -0.25) is 43.2 Å². The Morgan fingerprint density at radius 2 is 0.442 bits per heavy atom. The maximum atomic E-state index is 12.1. The van der Waals surface area contributed by atoms with Gasteiger partial charge in [0.05, 0.1) is 92.5 Å². The van der Waals surface area contributed by atoms with Crippen LogP contribution in [0.5, 0.6) is 0 Å². The first-order valence-electron chi connectivity index (χ1n) is 50.9. The number of carbonyl (C=O) groups excluding carboxylic acids is 9. The van der Waals surface area contributed by atoms with Gasteiger partial charge in [-0.2, -0.15) is 0 Å². The van der Waals surface area contributed by atoms with Crippen LogP contribution in [0.4, 0.5) is 0 Å². The normalized spacial score (nSPS) is 11.5. The van der Waals surface area contributed by atoms with E-state index < -0.39 is 10.8 Å². The van der Waals surface area contributed by atoms with Crippen molar-refractivity contribution < 1.29 is 100.0 Å². The number of unbranched alkanes of at least 4 members (excludes halogenated alkanes) is 38. The molecule has 0 bridgehead atoms. The fourth-order valence-corrected chi connectivity index (χ4v) is 13.0. The Kier molecular flexibility index (Phi) is 102. The summed E-state index contributed by atoms with van der Waals surface area (Å²) in [4.78, 5) is 110. The zero-order valence-electron chi connectivity index (χ0n) is 83.8. The van der Waals surface area contributed by atoms with Crippen molar-refractivity contribution in [2.45, 2.75) is 417 Å². The van der Waals surface area contributed by atoms with Gasteiger partial charge < -0.3 is 67.5 Å². The number of ether oxygens (including phenoxy) is 12. The Bertz CT molecular complexity index is 2610. The van der Waals surface area contributed by atoms with Crippen molar-refractivity contribution >= 4 is 52.3 Å². The summed E-state index contributed by atoms with van der Waals surface area (Å²) < 4.78 is 64.8. The molecule has 0 saturated heterocycles. The number of Topliss-reactive ketones (excluding diaryl/α,β-unsaturated/α-hetero) is 7. The zero-order valence-corrected chi connectivity index (χ0v) is 83.8. The Morgan fingerprint density at radius 3 is 0.713 bits per heavy atom. The molecule has 0 aliphatic carbocycles. The van der Waals surface area contributed by atoms with Crippen LogP contribution in [0.2, 0.25) is 0 Å². The van der Waals surface area contributed by atoms with Crippen molar-refractivity contribution in [3.8, 4) is 0 Å². The van der Waals surface area contributed by atoms with E-state index in [4.69, 9.17) is 62.4 Å². The first kappa shape index (κ1) is 131. The number of carbonyl (C=O) groups is 9. The second kappa shape index (κ2) is 101. The predicted octanol–water partition coefficient (Wildman–Crippen LogP) is 22.8. The third-order valence-corrected chi connectivity index (χ3v) is 21.7. The number of azide groups is 1. The Hall–Kier alpha value is -4.54. The van der Waals surface area contributed by atoms with Gasteiger partial charge in [-0.1, -0.05) is 326 Å². The van der Waals surface area contributed by atoms with E-state index in [9.17, 15) is 43.2 Å². The summed E-state index contributed by atoms with van der Waals surface area (Å²) in [7, 11) is 0. The van der Waals surface area contributed by atoms with Gasteiger partial charge in [0.1, 0.15) is 51.2 Å². The molecule has 2 N–H and O–H groups in total. The largest absolute Gasteiger partial charge is 0.379 e. The highest BCUT2D eigenvalue weighted by molar-refractivity contribution is 5.86. The molecule has 0 heterocycles. The van der Waals surface area contributed by atoms with E-state index in [0.717, 1.165) is 57.8 Å². The molecule has 0 spiro atoms. The van der Waals surface area contributed by atoms with Crippen LogP contribution in [0.1, 0.15) is 417 Å². The van der Waals surface area contributed by atoms with Crippen molar-refractivity contribution in [2.75, 3.05) is 178 Å². The molecule has 26 heteroatoms. The molecule has 2 amide bonds. The first-order valence-corrected chi connectivity index (χ1v) is 50.9. The van der Waals surface area contributed by atoms with Gasteiger partial charge in [-0.15, -0.1) is 0 Å². The quantitative estimate of drug-likeness (QED) is 0.0247. The smallest absolute Gasteiger partial charge is 0.246 e. The van der Waals surface area contributed by atoms with Crippen LogP contribution in [0.3, 0.4) is 0 Å². The maximum absolute atomic E-state index is 12.1. The van der Waals surface area contributed by atoms with Crippen LogP contribution in [-0.2, 0) is 100.0 Å². The van der Waals surface area contributed by atoms with Gasteiger partial charge in [-0.05, 0) is 56.9 Å². The Morgan fingerprint density at radius 1 is 0.233 bits per heavy atom. The molecular formula is C103H197N5O21. The first-order chi connectivity index (χ1) is 61.8. The number of rotatable bonds is 98. The second-order valence-electron chi connectivity index (χ2n) is 37.3. The SMILES string of the molecule is C.CC(C)(C)C(=O)COCCOCCCC(=O)COCCOCCNC(=O)COCCOCCCC(=O)CCCCCCCCCCCCCCCN=[N+]=[N-].CCCCCCCCCCCCCCCCC(=O)CCCOCCOCC(=O)C(C)(C)C.CCCCCCCCCCCCCCCCC(=O)NCCOCCOCC(=O)CCCOCCOCC(=O)C(C)(C)C. The fourth-order valence-electron chi connectivity index (χ4n) is 13.0.